The number of carbonyl (C=O) groups is 1. The Balaban J connectivity index is 1.85. The van der Waals surface area contributed by atoms with Crippen LogP contribution in [0.15, 0.2) is 47.2 Å². The van der Waals surface area contributed by atoms with Crippen molar-refractivity contribution in [2.45, 2.75) is 26.5 Å². The summed E-state index contributed by atoms with van der Waals surface area (Å²) in [6, 6.07) is 11.4. The second kappa shape index (κ2) is 10.9. The van der Waals surface area contributed by atoms with Crippen molar-refractivity contribution < 1.29 is 19.0 Å². The summed E-state index contributed by atoms with van der Waals surface area (Å²) in [4.78, 5) is 20.4. The van der Waals surface area contributed by atoms with Crippen molar-refractivity contribution >= 4 is 44.3 Å². The first kappa shape index (κ1) is 22.8. The van der Waals surface area contributed by atoms with Crippen molar-refractivity contribution in [1.29, 1.82) is 0 Å². The minimum Gasteiger partial charge on any atom is -0.493 e. The molecule has 0 spiro atoms. The number of halogens is 1. The fraction of sp³-hybridized carbons (Fsp3) is 0.318. The van der Waals surface area contributed by atoms with Crippen LogP contribution >= 0.6 is 15.9 Å². The standard InChI is InChI=1S/C22H25BrN4O4/c1-4-20(24-12-21(28)30-5-2)31-19-11-17-16(10-18(19)29-3)22(26-13-25-17)27-15-8-6-7-14(23)9-15/h6-11,13,20,24H,4-5,12H2,1-3H3,(H,25,26,27). The van der Waals surface area contributed by atoms with Crippen molar-refractivity contribution in [3.63, 3.8) is 0 Å². The normalized spacial score (nSPS) is 11.7. The van der Waals surface area contributed by atoms with E-state index in [1.165, 1.54) is 6.33 Å². The molecular weight excluding hydrogens is 464 g/mol. The Labute approximate surface area is 189 Å². The number of nitrogens with one attached hydrogen (secondary N) is 2. The number of hydrogen-bond donors (Lipinski definition) is 2. The maximum Gasteiger partial charge on any atom is 0.320 e. The van der Waals surface area contributed by atoms with Gasteiger partial charge in [-0.15, -0.1) is 0 Å². The van der Waals surface area contributed by atoms with Gasteiger partial charge in [-0.25, -0.2) is 9.97 Å². The number of ether oxygens (including phenoxy) is 3. The first-order valence-electron chi connectivity index (χ1n) is 9.95. The lowest BCUT2D eigenvalue weighted by Gasteiger charge is -2.20. The Bertz CT molecular complexity index is 1050. The lowest BCUT2D eigenvalue weighted by atomic mass is 10.2. The molecule has 3 rings (SSSR count). The molecule has 0 saturated heterocycles. The van der Waals surface area contributed by atoms with Crippen molar-refractivity contribution in [2.75, 3.05) is 25.6 Å². The molecule has 9 heteroatoms. The summed E-state index contributed by atoms with van der Waals surface area (Å²) in [5.74, 6) is 1.38. The summed E-state index contributed by atoms with van der Waals surface area (Å²) >= 11 is 3.47. The third-order valence-corrected chi connectivity index (χ3v) is 4.92. The monoisotopic (exact) mass is 488 g/mol. The average molecular weight is 489 g/mol. The molecule has 3 aromatic rings. The molecule has 0 aliphatic carbocycles. The van der Waals surface area contributed by atoms with E-state index in [9.17, 15) is 4.79 Å². The van der Waals surface area contributed by atoms with E-state index in [0.29, 0.717) is 35.9 Å². The van der Waals surface area contributed by atoms with Crippen molar-refractivity contribution in [3.05, 3.63) is 47.2 Å². The molecule has 1 atom stereocenters. The average Bonchev–Trinajstić information content (AvgIpc) is 2.76. The smallest absolute Gasteiger partial charge is 0.320 e. The molecule has 0 radical (unpaired) electrons. The van der Waals surface area contributed by atoms with Crippen LogP contribution in [-0.4, -0.2) is 42.4 Å². The summed E-state index contributed by atoms with van der Waals surface area (Å²) in [5, 5.41) is 7.15. The fourth-order valence-electron chi connectivity index (χ4n) is 2.95. The highest BCUT2D eigenvalue weighted by atomic mass is 79.9. The molecule has 1 unspecified atom stereocenters. The number of anilines is 2. The lowest BCUT2D eigenvalue weighted by molar-refractivity contribution is -0.142. The number of fused-ring (bicyclic) bond motifs is 1. The summed E-state index contributed by atoms with van der Waals surface area (Å²) < 4.78 is 17.5. The SMILES string of the molecule is CCOC(=O)CNC(CC)Oc1cc2ncnc(Nc3cccc(Br)c3)c2cc1OC. The van der Waals surface area contributed by atoms with Crippen molar-refractivity contribution in [2.24, 2.45) is 0 Å². The molecule has 0 amide bonds. The van der Waals surface area contributed by atoms with Crippen LogP contribution in [0.2, 0.25) is 0 Å². The Kier molecular flexibility index (Phi) is 8.02. The zero-order chi connectivity index (χ0) is 22.2. The number of benzene rings is 2. The van der Waals surface area contributed by atoms with E-state index in [4.69, 9.17) is 14.2 Å². The quantitative estimate of drug-likeness (QED) is 0.320. The molecule has 0 bridgehead atoms. The van der Waals surface area contributed by atoms with Crippen LogP contribution in [-0.2, 0) is 9.53 Å². The second-order valence-corrected chi connectivity index (χ2v) is 7.49. The van der Waals surface area contributed by atoms with Gasteiger partial charge in [0.05, 0.1) is 25.8 Å². The molecular formula is C22H25BrN4O4. The Morgan fingerprint density at radius 2 is 2.00 bits per heavy atom. The topological polar surface area (TPSA) is 94.6 Å². The minimum atomic E-state index is -0.392. The number of nitrogens with zero attached hydrogens (tertiary/aromatic N) is 2. The van der Waals surface area contributed by atoms with Gasteiger partial charge in [0.2, 0.25) is 0 Å². The Morgan fingerprint density at radius 1 is 1.16 bits per heavy atom. The number of esters is 1. The van der Waals surface area contributed by atoms with Crippen LogP contribution in [0.25, 0.3) is 10.9 Å². The molecule has 8 nitrogen and oxygen atoms in total. The van der Waals surface area contributed by atoms with E-state index in [1.54, 1.807) is 20.1 Å². The highest BCUT2D eigenvalue weighted by Crippen LogP contribution is 2.35. The fourth-order valence-corrected chi connectivity index (χ4v) is 3.35. The third kappa shape index (κ3) is 6.05. The van der Waals surface area contributed by atoms with Gasteiger partial charge in [0.15, 0.2) is 17.7 Å². The molecule has 0 aliphatic rings. The molecule has 31 heavy (non-hydrogen) atoms. The number of hydrogen-bond acceptors (Lipinski definition) is 8. The van der Waals surface area contributed by atoms with Gasteiger partial charge in [-0.1, -0.05) is 28.9 Å². The Morgan fingerprint density at radius 3 is 2.71 bits per heavy atom. The third-order valence-electron chi connectivity index (χ3n) is 4.43. The van der Waals surface area contributed by atoms with Gasteiger partial charge in [0.25, 0.3) is 0 Å². The molecule has 2 aromatic carbocycles. The van der Waals surface area contributed by atoms with Crippen LogP contribution in [0.4, 0.5) is 11.5 Å². The molecule has 1 heterocycles. The summed E-state index contributed by atoms with van der Waals surface area (Å²) in [6.07, 6.45) is 1.74. The van der Waals surface area contributed by atoms with E-state index < -0.39 is 6.23 Å². The minimum absolute atomic E-state index is 0.0606. The highest BCUT2D eigenvalue weighted by Gasteiger charge is 2.16. The first-order valence-corrected chi connectivity index (χ1v) is 10.7. The predicted molar refractivity (Wildman–Crippen MR) is 123 cm³/mol. The van der Waals surface area contributed by atoms with Crippen LogP contribution in [0, 0.1) is 0 Å². The zero-order valence-electron chi connectivity index (χ0n) is 17.6. The van der Waals surface area contributed by atoms with Gasteiger partial charge in [-0.3, -0.25) is 10.1 Å². The Hall–Kier alpha value is -2.91. The lowest BCUT2D eigenvalue weighted by Crippen LogP contribution is -2.38. The van der Waals surface area contributed by atoms with Crippen molar-refractivity contribution in [1.82, 2.24) is 15.3 Å². The van der Waals surface area contributed by atoms with Gasteiger partial charge in [-0.2, -0.15) is 0 Å². The maximum atomic E-state index is 11.6. The zero-order valence-corrected chi connectivity index (χ0v) is 19.2. The highest BCUT2D eigenvalue weighted by molar-refractivity contribution is 9.10. The summed E-state index contributed by atoms with van der Waals surface area (Å²) in [7, 11) is 1.58. The molecule has 0 aliphatic heterocycles. The number of carbonyl (C=O) groups excluding carboxylic acids is 1. The van der Waals surface area contributed by atoms with Crippen LogP contribution in [0.3, 0.4) is 0 Å². The van der Waals surface area contributed by atoms with Crippen LogP contribution in [0.1, 0.15) is 20.3 Å². The largest absolute Gasteiger partial charge is 0.493 e. The maximum absolute atomic E-state index is 11.6. The van der Waals surface area contributed by atoms with Gasteiger partial charge in [-0.05, 0) is 37.6 Å². The summed E-state index contributed by atoms with van der Waals surface area (Å²) in [6.45, 7) is 4.13. The van der Waals surface area contributed by atoms with Crippen LogP contribution < -0.4 is 20.1 Å². The van der Waals surface area contributed by atoms with Gasteiger partial charge in [0, 0.05) is 21.6 Å². The van der Waals surface area contributed by atoms with E-state index in [1.807, 2.05) is 37.3 Å². The van der Waals surface area contributed by atoms with Gasteiger partial charge < -0.3 is 19.5 Å². The molecule has 0 fully saturated rings. The van der Waals surface area contributed by atoms with E-state index in [2.05, 4.69) is 36.5 Å². The van der Waals surface area contributed by atoms with Gasteiger partial charge >= 0.3 is 5.97 Å². The van der Waals surface area contributed by atoms with E-state index in [-0.39, 0.29) is 12.5 Å². The van der Waals surface area contributed by atoms with E-state index >= 15 is 0 Å². The molecule has 1 aromatic heterocycles. The van der Waals surface area contributed by atoms with Crippen LogP contribution in [0.5, 0.6) is 11.5 Å². The molecule has 164 valence electrons. The predicted octanol–water partition coefficient (Wildman–Crippen LogP) is 4.41. The number of methoxy groups -OCH3 is 1. The number of aromatic nitrogens is 2. The summed E-state index contributed by atoms with van der Waals surface area (Å²) in [5.41, 5.74) is 1.59. The second-order valence-electron chi connectivity index (χ2n) is 6.58. The van der Waals surface area contributed by atoms with Crippen molar-refractivity contribution in [3.8, 4) is 11.5 Å². The molecule has 2 N–H and O–H groups in total. The van der Waals surface area contributed by atoms with Gasteiger partial charge in [0.1, 0.15) is 12.1 Å². The number of rotatable bonds is 10. The van der Waals surface area contributed by atoms with E-state index in [0.717, 1.165) is 15.5 Å². The molecule has 0 saturated carbocycles. The first-order chi connectivity index (χ1) is 15.0.